The first-order valence-corrected chi connectivity index (χ1v) is 17.5. The van der Waals surface area contributed by atoms with Gasteiger partial charge in [-0.15, -0.1) is 0 Å². The maximum Gasteiger partial charge on any atom is 0.417 e. The number of alkyl halides is 3. The highest BCUT2D eigenvalue weighted by molar-refractivity contribution is 5.91. The first kappa shape index (κ1) is 31.1. The van der Waals surface area contributed by atoms with Crippen molar-refractivity contribution in [1.82, 2.24) is 0 Å². The van der Waals surface area contributed by atoms with Crippen molar-refractivity contribution in [2.75, 3.05) is 0 Å². The van der Waals surface area contributed by atoms with E-state index < -0.39 is 17.2 Å². The zero-order valence-electron chi connectivity index (χ0n) is 29.5. The lowest BCUT2D eigenvalue weighted by molar-refractivity contribution is -0.137. The molecule has 0 spiro atoms. The van der Waals surface area contributed by atoms with E-state index in [0.29, 0.717) is 11.1 Å². The summed E-state index contributed by atoms with van der Waals surface area (Å²) in [7, 11) is 0. The fourth-order valence-electron chi connectivity index (χ4n) is 9.46. The number of benzene rings is 6. The van der Waals surface area contributed by atoms with Crippen LogP contribution in [0.3, 0.4) is 0 Å². The van der Waals surface area contributed by atoms with Crippen LogP contribution in [0, 0.1) is 6.92 Å². The monoisotopic (exact) mass is 660 g/mol. The predicted molar refractivity (Wildman–Crippen MR) is 200 cm³/mol. The summed E-state index contributed by atoms with van der Waals surface area (Å²) in [5.74, 6) is 0. The normalized spacial score (nSPS) is 16.7. The third-order valence-corrected chi connectivity index (χ3v) is 12.3. The molecule has 0 amide bonds. The molecule has 0 unspecified atom stereocenters. The minimum Gasteiger partial charge on any atom is -0.166 e. The summed E-state index contributed by atoms with van der Waals surface area (Å²) >= 11 is 0. The van der Waals surface area contributed by atoms with Crippen LogP contribution in [0.4, 0.5) is 13.2 Å². The van der Waals surface area contributed by atoms with E-state index in [1.54, 1.807) is 0 Å². The average Bonchev–Trinajstić information content (AvgIpc) is 3.55. The number of hydrogen-bond donors (Lipinski definition) is 0. The average molecular weight is 661 g/mol. The molecule has 0 aromatic heterocycles. The van der Waals surface area contributed by atoms with Crippen molar-refractivity contribution in [3.8, 4) is 55.6 Å². The number of fused-ring (bicyclic) bond motifs is 9. The lowest BCUT2D eigenvalue weighted by Gasteiger charge is -2.25. The molecule has 3 heteroatoms. The number of aryl methyl sites for hydroxylation is 1. The molecule has 6 aromatic rings. The quantitative estimate of drug-likeness (QED) is 0.173. The molecule has 0 atom stereocenters. The summed E-state index contributed by atoms with van der Waals surface area (Å²) < 4.78 is 45.1. The second-order valence-corrected chi connectivity index (χ2v) is 16.1. The van der Waals surface area contributed by atoms with Crippen molar-refractivity contribution in [2.24, 2.45) is 0 Å². The van der Waals surface area contributed by atoms with E-state index in [2.05, 4.69) is 115 Å². The topological polar surface area (TPSA) is 0 Å². The lowest BCUT2D eigenvalue weighted by Crippen LogP contribution is -2.17. The minimum atomic E-state index is -4.52. The van der Waals surface area contributed by atoms with Crippen molar-refractivity contribution in [3.05, 3.63) is 154 Å². The predicted octanol–water partition coefficient (Wildman–Crippen LogP) is 13.3. The van der Waals surface area contributed by atoms with Crippen LogP contribution in [-0.2, 0) is 22.4 Å². The third kappa shape index (κ3) is 4.07. The highest BCUT2D eigenvalue weighted by atomic mass is 19.4. The largest absolute Gasteiger partial charge is 0.417 e. The van der Waals surface area contributed by atoms with Gasteiger partial charge in [0.15, 0.2) is 0 Å². The molecular formula is C47H39F3. The Morgan fingerprint density at radius 1 is 0.380 bits per heavy atom. The molecule has 3 aliphatic rings. The van der Waals surface area contributed by atoms with Gasteiger partial charge in [0.2, 0.25) is 0 Å². The number of rotatable bonds is 2. The van der Waals surface area contributed by atoms with E-state index >= 15 is 13.2 Å². The van der Waals surface area contributed by atoms with Crippen LogP contribution in [0.15, 0.2) is 109 Å². The zero-order chi connectivity index (χ0) is 35.1. The van der Waals surface area contributed by atoms with Gasteiger partial charge >= 0.3 is 6.18 Å². The van der Waals surface area contributed by atoms with E-state index in [-0.39, 0.29) is 16.4 Å². The maximum absolute atomic E-state index is 15.0. The second-order valence-electron chi connectivity index (χ2n) is 16.1. The number of hydrogen-bond acceptors (Lipinski definition) is 0. The van der Waals surface area contributed by atoms with Crippen molar-refractivity contribution in [2.45, 2.75) is 70.9 Å². The Balaban J connectivity index is 1.18. The molecule has 0 radical (unpaired) electrons. The Bertz CT molecular complexity index is 2450. The highest BCUT2D eigenvalue weighted by Gasteiger charge is 2.43. The molecule has 0 N–H and O–H groups in total. The van der Waals surface area contributed by atoms with E-state index in [4.69, 9.17) is 0 Å². The zero-order valence-corrected chi connectivity index (χ0v) is 29.5. The molecule has 0 bridgehead atoms. The van der Waals surface area contributed by atoms with Gasteiger partial charge in [0.25, 0.3) is 0 Å². The van der Waals surface area contributed by atoms with Crippen LogP contribution >= 0.6 is 0 Å². The van der Waals surface area contributed by atoms with E-state index in [9.17, 15) is 0 Å². The molecule has 0 aliphatic heterocycles. The molecule has 9 rings (SSSR count). The van der Waals surface area contributed by atoms with Gasteiger partial charge in [0, 0.05) is 16.2 Å². The molecule has 0 saturated carbocycles. The standard InChI is InChI=1S/C47H39F3/c1-26-20-35-36-25-43(47(48,49)50)34(28-17-19-32-30-13-9-11-15-38(30)45(4,5)40(32)22-28)24-42(36)46(6,7)41(35)23-33(26)27-16-18-31-29-12-8-10-14-37(29)44(2,3)39(31)21-27/h8-25H,1-7H3. The molecule has 248 valence electrons. The van der Waals surface area contributed by atoms with Crippen LogP contribution in [0.1, 0.15) is 86.1 Å². The van der Waals surface area contributed by atoms with Gasteiger partial charge in [-0.1, -0.05) is 120 Å². The van der Waals surface area contributed by atoms with Crippen LogP contribution in [0.25, 0.3) is 55.6 Å². The smallest absolute Gasteiger partial charge is 0.166 e. The van der Waals surface area contributed by atoms with E-state index in [0.717, 1.165) is 50.1 Å². The fourth-order valence-corrected chi connectivity index (χ4v) is 9.46. The highest BCUT2D eigenvalue weighted by Crippen LogP contribution is 2.56. The summed E-state index contributed by atoms with van der Waals surface area (Å²) in [5.41, 5.74) is 15.9. The molecule has 0 saturated heterocycles. The summed E-state index contributed by atoms with van der Waals surface area (Å²) in [6.07, 6.45) is -4.52. The van der Waals surface area contributed by atoms with Gasteiger partial charge in [-0.25, -0.2) is 0 Å². The first-order valence-electron chi connectivity index (χ1n) is 17.5. The SMILES string of the molecule is Cc1cc2c(cc1-c1ccc3c(c1)C(C)(C)c1ccccc1-3)C(C)(C)c1cc(-c3ccc4c(c3)C(C)(C)c3ccccc3-4)c(C(F)(F)F)cc1-2. The van der Waals surface area contributed by atoms with Crippen molar-refractivity contribution in [1.29, 1.82) is 0 Å². The van der Waals surface area contributed by atoms with Gasteiger partial charge in [0.1, 0.15) is 0 Å². The Kier molecular flexibility index (Phi) is 6.15. The van der Waals surface area contributed by atoms with Crippen LogP contribution in [-0.4, -0.2) is 0 Å². The van der Waals surface area contributed by atoms with Gasteiger partial charge in [-0.2, -0.15) is 13.2 Å². The summed E-state index contributed by atoms with van der Waals surface area (Å²) in [6.45, 7) is 15.3. The Morgan fingerprint density at radius 2 is 0.780 bits per heavy atom. The van der Waals surface area contributed by atoms with Crippen LogP contribution < -0.4 is 0 Å². The fraction of sp³-hybridized carbons (Fsp3) is 0.234. The van der Waals surface area contributed by atoms with Gasteiger partial charge in [0.05, 0.1) is 5.56 Å². The van der Waals surface area contributed by atoms with Crippen LogP contribution in [0.5, 0.6) is 0 Å². The first-order chi connectivity index (χ1) is 23.6. The van der Waals surface area contributed by atoms with Crippen molar-refractivity contribution < 1.29 is 13.2 Å². The number of halogens is 3. The molecule has 0 nitrogen and oxygen atoms in total. The van der Waals surface area contributed by atoms with E-state index in [1.165, 1.54) is 33.9 Å². The third-order valence-electron chi connectivity index (χ3n) is 12.3. The molecule has 0 fully saturated rings. The molecular weight excluding hydrogens is 622 g/mol. The lowest BCUT2D eigenvalue weighted by atomic mass is 9.78. The van der Waals surface area contributed by atoms with E-state index in [1.807, 2.05) is 36.4 Å². The molecule has 0 heterocycles. The molecule has 6 aromatic carbocycles. The van der Waals surface area contributed by atoms with Gasteiger partial charge in [-0.3, -0.25) is 0 Å². The second kappa shape index (κ2) is 9.88. The minimum absolute atomic E-state index is 0.123. The van der Waals surface area contributed by atoms with Crippen molar-refractivity contribution >= 4 is 0 Å². The maximum atomic E-state index is 15.0. The Labute approximate surface area is 292 Å². The Hall–Kier alpha value is -4.89. The van der Waals surface area contributed by atoms with Crippen molar-refractivity contribution in [3.63, 3.8) is 0 Å². The molecule has 50 heavy (non-hydrogen) atoms. The van der Waals surface area contributed by atoms with Crippen LogP contribution in [0.2, 0.25) is 0 Å². The van der Waals surface area contributed by atoms with Gasteiger partial charge < -0.3 is 0 Å². The molecule has 3 aliphatic carbocycles. The summed E-state index contributed by atoms with van der Waals surface area (Å²) in [4.78, 5) is 0. The Morgan fingerprint density at radius 3 is 1.30 bits per heavy atom. The summed E-state index contributed by atoms with van der Waals surface area (Å²) in [6, 6.07) is 37.2. The van der Waals surface area contributed by atoms with Gasteiger partial charge in [-0.05, 0) is 132 Å². The summed E-state index contributed by atoms with van der Waals surface area (Å²) in [5, 5.41) is 0.